The zero-order valence-corrected chi connectivity index (χ0v) is 13.3. The number of carbonyl (C=O) groups is 1. The van der Waals surface area contributed by atoms with Crippen LogP contribution in [0.25, 0.3) is 0 Å². The molecule has 3 atom stereocenters. The highest BCUT2D eigenvalue weighted by atomic mass is 32.2. The molecule has 5 heteroatoms. The summed E-state index contributed by atoms with van der Waals surface area (Å²) in [5.41, 5.74) is 1.96. The number of hydrogen-bond donors (Lipinski definition) is 3. The minimum absolute atomic E-state index is 0.0637. The summed E-state index contributed by atoms with van der Waals surface area (Å²) < 4.78 is 0. The lowest BCUT2D eigenvalue weighted by atomic mass is 10.2. The number of aliphatic hydroxyl groups is 1. The summed E-state index contributed by atoms with van der Waals surface area (Å²) in [6.45, 7) is 5.92. The van der Waals surface area contributed by atoms with E-state index in [0.717, 1.165) is 11.3 Å². The maximum atomic E-state index is 12.1. The third-order valence-corrected chi connectivity index (χ3v) is 4.43. The Balaban J connectivity index is 2.52. The van der Waals surface area contributed by atoms with Crippen molar-refractivity contribution in [1.29, 1.82) is 0 Å². The van der Waals surface area contributed by atoms with Gasteiger partial charge >= 0.3 is 0 Å². The summed E-state index contributed by atoms with van der Waals surface area (Å²) in [7, 11) is 0. The molecule has 0 aliphatic rings. The van der Waals surface area contributed by atoms with Crippen LogP contribution in [0.5, 0.6) is 0 Å². The number of aryl methyl sites for hydroxylation is 1. The molecule has 3 N–H and O–H groups in total. The van der Waals surface area contributed by atoms with Gasteiger partial charge in [0.05, 0.1) is 12.6 Å². The first-order valence-corrected chi connectivity index (χ1v) is 8.04. The molecule has 0 radical (unpaired) electrons. The lowest BCUT2D eigenvalue weighted by molar-refractivity contribution is -0.117. The number of rotatable bonds is 7. The quantitative estimate of drug-likeness (QED) is 0.720. The van der Waals surface area contributed by atoms with Crippen molar-refractivity contribution >= 4 is 23.4 Å². The Kier molecular flexibility index (Phi) is 7.05. The summed E-state index contributed by atoms with van der Waals surface area (Å²) in [4.78, 5) is 12.1. The monoisotopic (exact) mass is 296 g/mol. The fourth-order valence-corrected chi connectivity index (χ4v) is 2.54. The highest BCUT2D eigenvalue weighted by Crippen LogP contribution is 2.12. The smallest absolute Gasteiger partial charge is 0.241 e. The van der Waals surface area contributed by atoms with E-state index >= 15 is 0 Å². The lowest BCUT2D eigenvalue weighted by Gasteiger charge is -2.24. The van der Waals surface area contributed by atoms with E-state index in [1.165, 1.54) is 0 Å². The molecule has 0 aliphatic carbocycles. The zero-order valence-electron chi connectivity index (χ0n) is 12.5. The number of aliphatic hydroxyl groups excluding tert-OH is 1. The molecule has 1 rings (SSSR count). The van der Waals surface area contributed by atoms with Gasteiger partial charge in [0.15, 0.2) is 0 Å². The molecule has 1 aromatic rings. The Morgan fingerprint density at radius 3 is 2.40 bits per heavy atom. The topological polar surface area (TPSA) is 61.4 Å². The molecule has 1 aromatic carbocycles. The summed E-state index contributed by atoms with van der Waals surface area (Å²) in [6.07, 6.45) is 1.95. The Morgan fingerprint density at radius 2 is 1.90 bits per heavy atom. The first kappa shape index (κ1) is 17.0. The number of thioether (sulfide) groups is 1. The van der Waals surface area contributed by atoms with E-state index in [-0.39, 0.29) is 29.8 Å². The van der Waals surface area contributed by atoms with Crippen LogP contribution in [0.3, 0.4) is 0 Å². The van der Waals surface area contributed by atoms with E-state index < -0.39 is 0 Å². The number of carbonyl (C=O) groups excluding carboxylic acids is 1. The molecule has 1 amide bonds. The van der Waals surface area contributed by atoms with E-state index in [2.05, 4.69) is 10.6 Å². The van der Waals surface area contributed by atoms with E-state index in [1.54, 1.807) is 11.8 Å². The van der Waals surface area contributed by atoms with Crippen LogP contribution >= 0.6 is 11.8 Å². The SMILES string of the molecule is CSC(CO)C(C)NC(C)C(=O)Nc1ccc(C)cc1. The number of nitrogens with one attached hydrogen (secondary N) is 2. The van der Waals surface area contributed by atoms with Crippen LogP contribution in [0.4, 0.5) is 5.69 Å². The van der Waals surface area contributed by atoms with Crippen LogP contribution in [-0.2, 0) is 4.79 Å². The Bertz CT molecular complexity index is 418. The molecule has 3 unspecified atom stereocenters. The van der Waals surface area contributed by atoms with Crippen molar-refractivity contribution in [3.63, 3.8) is 0 Å². The van der Waals surface area contributed by atoms with Crippen molar-refractivity contribution in [2.24, 2.45) is 0 Å². The fourth-order valence-electron chi connectivity index (χ4n) is 1.90. The fraction of sp³-hybridized carbons (Fsp3) is 0.533. The molecule has 0 fully saturated rings. The number of amides is 1. The van der Waals surface area contributed by atoms with Gasteiger partial charge in [-0.05, 0) is 39.2 Å². The van der Waals surface area contributed by atoms with Crippen molar-refractivity contribution in [1.82, 2.24) is 5.32 Å². The van der Waals surface area contributed by atoms with Crippen molar-refractivity contribution in [3.8, 4) is 0 Å². The van der Waals surface area contributed by atoms with Crippen LogP contribution in [0.15, 0.2) is 24.3 Å². The molecule has 4 nitrogen and oxygen atoms in total. The third kappa shape index (κ3) is 5.15. The molecule has 20 heavy (non-hydrogen) atoms. The molecule has 0 saturated carbocycles. The molecule has 0 spiro atoms. The summed E-state index contributed by atoms with van der Waals surface area (Å²) >= 11 is 1.59. The van der Waals surface area contributed by atoms with Gasteiger partial charge in [-0.15, -0.1) is 0 Å². The van der Waals surface area contributed by atoms with Gasteiger partial charge in [-0.2, -0.15) is 11.8 Å². The highest BCUT2D eigenvalue weighted by Gasteiger charge is 2.20. The van der Waals surface area contributed by atoms with Gasteiger partial charge < -0.3 is 15.7 Å². The van der Waals surface area contributed by atoms with Crippen LogP contribution in [-0.4, -0.2) is 41.2 Å². The van der Waals surface area contributed by atoms with Gasteiger partial charge in [0.25, 0.3) is 0 Å². The van der Waals surface area contributed by atoms with Gasteiger partial charge in [-0.1, -0.05) is 17.7 Å². The largest absolute Gasteiger partial charge is 0.395 e. The minimum atomic E-state index is -0.312. The normalized spacial score (nSPS) is 15.4. The first-order valence-electron chi connectivity index (χ1n) is 6.75. The van der Waals surface area contributed by atoms with Crippen molar-refractivity contribution < 1.29 is 9.90 Å². The zero-order chi connectivity index (χ0) is 15.1. The van der Waals surface area contributed by atoms with Crippen molar-refractivity contribution in [2.75, 3.05) is 18.2 Å². The van der Waals surface area contributed by atoms with Crippen LogP contribution in [0.2, 0.25) is 0 Å². The molecule has 112 valence electrons. The van der Waals surface area contributed by atoms with Gasteiger partial charge in [0.1, 0.15) is 0 Å². The number of hydrogen-bond acceptors (Lipinski definition) is 4. The highest BCUT2D eigenvalue weighted by molar-refractivity contribution is 7.99. The molecule has 0 heterocycles. The van der Waals surface area contributed by atoms with Crippen molar-refractivity contribution in [3.05, 3.63) is 29.8 Å². The standard InChI is InChI=1S/C15H24N2O2S/c1-10-5-7-13(8-6-10)17-15(19)12(3)16-11(2)14(9-18)20-4/h5-8,11-12,14,16,18H,9H2,1-4H3,(H,17,19). The maximum absolute atomic E-state index is 12.1. The molecule has 0 aromatic heterocycles. The van der Waals surface area contributed by atoms with Crippen LogP contribution in [0, 0.1) is 6.92 Å². The molecule has 0 aliphatic heterocycles. The van der Waals surface area contributed by atoms with Gasteiger partial charge in [0.2, 0.25) is 5.91 Å². The van der Waals surface area contributed by atoms with Crippen molar-refractivity contribution in [2.45, 2.75) is 38.1 Å². The van der Waals surface area contributed by atoms with Crippen LogP contribution < -0.4 is 10.6 Å². The van der Waals surface area contributed by atoms with E-state index in [1.807, 2.05) is 51.3 Å². The molecule has 0 bridgehead atoms. The first-order chi connectivity index (χ1) is 9.47. The van der Waals surface area contributed by atoms with Gasteiger partial charge in [0, 0.05) is 17.0 Å². The van der Waals surface area contributed by atoms with Crippen LogP contribution in [0.1, 0.15) is 19.4 Å². The van der Waals surface area contributed by atoms with E-state index in [4.69, 9.17) is 0 Å². The predicted octanol–water partition coefficient (Wildman–Crippen LogP) is 2.02. The Morgan fingerprint density at radius 1 is 1.30 bits per heavy atom. The third-order valence-electron chi connectivity index (χ3n) is 3.27. The van der Waals surface area contributed by atoms with Gasteiger partial charge in [-0.3, -0.25) is 4.79 Å². The Hall–Kier alpha value is -1.04. The minimum Gasteiger partial charge on any atom is -0.395 e. The molecule has 0 saturated heterocycles. The van der Waals surface area contributed by atoms with E-state index in [0.29, 0.717) is 0 Å². The number of anilines is 1. The molecular weight excluding hydrogens is 272 g/mol. The second kappa shape index (κ2) is 8.29. The maximum Gasteiger partial charge on any atom is 0.241 e. The second-order valence-corrected chi connectivity index (χ2v) is 6.07. The van der Waals surface area contributed by atoms with Gasteiger partial charge in [-0.25, -0.2) is 0 Å². The summed E-state index contributed by atoms with van der Waals surface area (Å²) in [5, 5.41) is 15.4. The molecular formula is C15H24N2O2S. The summed E-state index contributed by atoms with van der Waals surface area (Å²) in [5.74, 6) is -0.0708. The second-order valence-electron chi connectivity index (χ2n) is 4.99. The van der Waals surface area contributed by atoms with E-state index in [9.17, 15) is 9.90 Å². The average Bonchev–Trinajstić information content (AvgIpc) is 2.42. The number of benzene rings is 1. The Labute approximate surface area is 125 Å². The lowest BCUT2D eigenvalue weighted by Crippen LogP contribution is -2.47. The predicted molar refractivity (Wildman–Crippen MR) is 86.3 cm³/mol. The summed E-state index contributed by atoms with van der Waals surface area (Å²) in [6, 6.07) is 7.46. The average molecular weight is 296 g/mol.